The Balaban J connectivity index is 1.72. The van der Waals surface area contributed by atoms with Gasteiger partial charge in [-0.15, -0.1) is 13.2 Å². The SMILES string of the molecule is COc1ccc(OC(F)(F)F)cc1CN[C@H]1CCN[C@H]1c1cccc(Cl)c1. The zero-order chi connectivity index (χ0) is 19.4. The van der Waals surface area contributed by atoms with Gasteiger partial charge in [0, 0.05) is 29.2 Å². The molecule has 8 heteroatoms. The summed E-state index contributed by atoms with van der Waals surface area (Å²) in [7, 11) is 1.48. The summed E-state index contributed by atoms with van der Waals surface area (Å²) < 4.78 is 46.7. The molecule has 2 aromatic carbocycles. The summed E-state index contributed by atoms with van der Waals surface area (Å²) in [5.41, 5.74) is 1.66. The molecule has 1 fully saturated rings. The minimum absolute atomic E-state index is 0.0734. The second-order valence-electron chi connectivity index (χ2n) is 6.28. The molecular formula is C19H20ClF3N2O2. The van der Waals surface area contributed by atoms with E-state index in [-0.39, 0.29) is 17.8 Å². The number of alkyl halides is 3. The van der Waals surface area contributed by atoms with E-state index < -0.39 is 6.36 Å². The summed E-state index contributed by atoms with van der Waals surface area (Å²) in [4.78, 5) is 0. The highest BCUT2D eigenvalue weighted by atomic mass is 35.5. The van der Waals surface area contributed by atoms with Crippen LogP contribution in [0.5, 0.6) is 11.5 Å². The monoisotopic (exact) mass is 400 g/mol. The highest BCUT2D eigenvalue weighted by Gasteiger charge is 2.32. The Bertz CT molecular complexity index is 786. The van der Waals surface area contributed by atoms with Gasteiger partial charge in [0.2, 0.25) is 0 Å². The Kier molecular flexibility index (Phi) is 6.14. The number of rotatable bonds is 6. The van der Waals surface area contributed by atoms with E-state index in [9.17, 15) is 13.2 Å². The molecule has 1 saturated heterocycles. The number of nitrogens with one attached hydrogen (secondary N) is 2. The number of hydrogen-bond acceptors (Lipinski definition) is 4. The van der Waals surface area contributed by atoms with E-state index in [1.54, 1.807) is 0 Å². The van der Waals surface area contributed by atoms with E-state index >= 15 is 0 Å². The topological polar surface area (TPSA) is 42.5 Å². The molecule has 3 rings (SSSR count). The molecule has 0 saturated carbocycles. The molecule has 1 heterocycles. The highest BCUT2D eigenvalue weighted by molar-refractivity contribution is 6.30. The number of ether oxygens (including phenoxy) is 2. The van der Waals surface area contributed by atoms with Gasteiger partial charge in [0.1, 0.15) is 11.5 Å². The summed E-state index contributed by atoms with van der Waals surface area (Å²) in [5.74, 6) is 0.235. The van der Waals surface area contributed by atoms with Crippen molar-refractivity contribution in [1.82, 2.24) is 10.6 Å². The summed E-state index contributed by atoms with van der Waals surface area (Å²) in [6.07, 6.45) is -3.84. The first-order valence-corrected chi connectivity index (χ1v) is 8.88. The molecule has 0 spiro atoms. The van der Waals surface area contributed by atoms with Gasteiger partial charge in [0.25, 0.3) is 0 Å². The van der Waals surface area contributed by atoms with Crippen molar-refractivity contribution in [2.75, 3.05) is 13.7 Å². The minimum Gasteiger partial charge on any atom is -0.496 e. The van der Waals surface area contributed by atoms with Crippen LogP contribution in [0.3, 0.4) is 0 Å². The summed E-state index contributed by atoms with van der Waals surface area (Å²) in [5, 5.41) is 7.51. The van der Waals surface area contributed by atoms with Crippen LogP contribution in [-0.4, -0.2) is 26.1 Å². The predicted octanol–water partition coefficient (Wildman–Crippen LogP) is 4.44. The molecule has 0 radical (unpaired) electrons. The lowest BCUT2D eigenvalue weighted by Crippen LogP contribution is -2.34. The molecule has 4 nitrogen and oxygen atoms in total. The molecule has 0 amide bonds. The van der Waals surface area contributed by atoms with Gasteiger partial charge < -0.3 is 20.1 Å². The quantitative estimate of drug-likeness (QED) is 0.752. The van der Waals surface area contributed by atoms with Crippen LogP contribution in [-0.2, 0) is 6.54 Å². The molecule has 2 atom stereocenters. The smallest absolute Gasteiger partial charge is 0.496 e. The van der Waals surface area contributed by atoms with Gasteiger partial charge in [0.05, 0.1) is 7.11 Å². The van der Waals surface area contributed by atoms with E-state index in [2.05, 4.69) is 15.4 Å². The van der Waals surface area contributed by atoms with Crippen molar-refractivity contribution in [3.05, 3.63) is 58.6 Å². The van der Waals surface area contributed by atoms with Crippen LogP contribution in [0, 0.1) is 0 Å². The van der Waals surface area contributed by atoms with Gasteiger partial charge in [-0.25, -0.2) is 0 Å². The van der Waals surface area contributed by atoms with Gasteiger partial charge >= 0.3 is 6.36 Å². The average molecular weight is 401 g/mol. The van der Waals surface area contributed by atoms with Crippen molar-refractivity contribution in [2.45, 2.75) is 31.4 Å². The fourth-order valence-electron chi connectivity index (χ4n) is 3.30. The lowest BCUT2D eigenvalue weighted by atomic mass is 10.0. The maximum absolute atomic E-state index is 12.5. The van der Waals surface area contributed by atoms with E-state index in [1.165, 1.54) is 25.3 Å². The molecule has 146 valence electrons. The Morgan fingerprint density at radius 3 is 2.74 bits per heavy atom. The first-order chi connectivity index (χ1) is 12.9. The van der Waals surface area contributed by atoms with Gasteiger partial charge in [-0.1, -0.05) is 23.7 Å². The Morgan fingerprint density at radius 1 is 1.22 bits per heavy atom. The average Bonchev–Trinajstić information content (AvgIpc) is 3.07. The van der Waals surface area contributed by atoms with E-state index in [0.717, 1.165) is 18.5 Å². The first-order valence-electron chi connectivity index (χ1n) is 8.50. The second-order valence-corrected chi connectivity index (χ2v) is 6.72. The molecule has 0 bridgehead atoms. The first kappa shape index (κ1) is 19.8. The number of hydrogen-bond donors (Lipinski definition) is 2. The molecule has 1 aliphatic heterocycles. The van der Waals surface area contributed by atoms with E-state index in [1.807, 2.05) is 24.3 Å². The van der Waals surface area contributed by atoms with E-state index in [4.69, 9.17) is 16.3 Å². The van der Waals surface area contributed by atoms with E-state index in [0.29, 0.717) is 22.9 Å². The Hall–Kier alpha value is -1.96. The van der Waals surface area contributed by atoms with Crippen LogP contribution in [0.2, 0.25) is 5.02 Å². The zero-order valence-electron chi connectivity index (χ0n) is 14.6. The fraction of sp³-hybridized carbons (Fsp3) is 0.368. The van der Waals surface area contributed by atoms with Crippen molar-refractivity contribution in [3.63, 3.8) is 0 Å². The summed E-state index contributed by atoms with van der Waals surface area (Å²) in [6.45, 7) is 1.19. The number of benzene rings is 2. The van der Waals surface area contributed by atoms with Gasteiger partial charge in [-0.2, -0.15) is 0 Å². The van der Waals surface area contributed by atoms with Crippen LogP contribution in [0.25, 0.3) is 0 Å². The molecule has 0 aromatic heterocycles. The molecular weight excluding hydrogens is 381 g/mol. The van der Waals surface area contributed by atoms with Crippen molar-refractivity contribution in [2.24, 2.45) is 0 Å². The Morgan fingerprint density at radius 2 is 2.04 bits per heavy atom. The molecule has 2 N–H and O–H groups in total. The number of halogens is 4. The normalized spacial score (nSPS) is 19.9. The maximum atomic E-state index is 12.5. The van der Waals surface area contributed by atoms with Crippen LogP contribution < -0.4 is 20.1 Å². The van der Waals surface area contributed by atoms with Crippen molar-refractivity contribution < 1.29 is 22.6 Å². The number of methoxy groups -OCH3 is 1. The summed E-state index contributed by atoms with van der Waals surface area (Å²) >= 11 is 6.08. The largest absolute Gasteiger partial charge is 0.573 e. The van der Waals surface area contributed by atoms with Crippen LogP contribution in [0.4, 0.5) is 13.2 Å². The third-order valence-electron chi connectivity index (χ3n) is 4.47. The standard InChI is InChI=1S/C19H20ClF3N2O2/c1-26-17-6-5-15(27-19(21,22)23)10-13(17)11-25-16-7-8-24-18(16)12-3-2-4-14(20)9-12/h2-6,9-10,16,18,24-25H,7-8,11H2,1H3/t16-,18-/m0/s1. The van der Waals surface area contributed by atoms with Crippen LogP contribution in [0.15, 0.2) is 42.5 Å². The van der Waals surface area contributed by atoms with Gasteiger partial charge in [-0.05, 0) is 48.9 Å². The molecule has 0 aliphatic carbocycles. The Labute approximate surface area is 160 Å². The predicted molar refractivity (Wildman–Crippen MR) is 97.1 cm³/mol. The molecule has 27 heavy (non-hydrogen) atoms. The lowest BCUT2D eigenvalue weighted by Gasteiger charge is -2.22. The van der Waals surface area contributed by atoms with Crippen molar-refractivity contribution >= 4 is 11.6 Å². The zero-order valence-corrected chi connectivity index (χ0v) is 15.4. The fourth-order valence-corrected chi connectivity index (χ4v) is 3.50. The third kappa shape index (κ3) is 5.28. The highest BCUT2D eigenvalue weighted by Crippen LogP contribution is 2.30. The van der Waals surface area contributed by atoms with Crippen LogP contribution in [0.1, 0.15) is 23.6 Å². The summed E-state index contributed by atoms with van der Waals surface area (Å²) in [6, 6.07) is 11.9. The molecule has 0 unspecified atom stereocenters. The molecule has 1 aliphatic rings. The van der Waals surface area contributed by atoms with Crippen molar-refractivity contribution in [1.29, 1.82) is 0 Å². The lowest BCUT2D eigenvalue weighted by molar-refractivity contribution is -0.274. The van der Waals surface area contributed by atoms with Gasteiger partial charge in [0.15, 0.2) is 0 Å². The minimum atomic E-state index is -4.73. The van der Waals surface area contributed by atoms with Crippen LogP contribution >= 0.6 is 11.6 Å². The maximum Gasteiger partial charge on any atom is 0.573 e. The van der Waals surface area contributed by atoms with Crippen molar-refractivity contribution in [3.8, 4) is 11.5 Å². The second kappa shape index (κ2) is 8.37. The van der Waals surface area contributed by atoms with Gasteiger partial charge in [-0.3, -0.25) is 0 Å². The molecule has 2 aromatic rings. The third-order valence-corrected chi connectivity index (χ3v) is 4.70.